The number of carbonyl (C=O) groups excluding carboxylic acids is 2. The molecule has 88 heavy (non-hydrogen) atoms. The Balaban J connectivity index is 0.623. The molecule has 0 radical (unpaired) electrons. The van der Waals surface area contributed by atoms with Gasteiger partial charge in [0.25, 0.3) is 5.56 Å². The van der Waals surface area contributed by atoms with Gasteiger partial charge in [0.05, 0.1) is 106 Å². The van der Waals surface area contributed by atoms with Crippen molar-refractivity contribution in [1.29, 1.82) is 0 Å². The fraction of sp³-hybridized carbons (Fsp3) is 0.453. The van der Waals surface area contributed by atoms with Crippen LogP contribution in [-0.2, 0) is 60.2 Å². The van der Waals surface area contributed by atoms with E-state index in [1.807, 2.05) is 67.6 Å². The Morgan fingerprint density at radius 2 is 1.57 bits per heavy atom. The number of nitrogens with one attached hydrogen (secondary N) is 3. The van der Waals surface area contributed by atoms with E-state index >= 15 is 0 Å². The number of hydrogen-bond donors (Lipinski definition) is 4. The highest BCUT2D eigenvalue weighted by molar-refractivity contribution is 7.90. The number of rotatable bonds is 27. The zero-order chi connectivity index (χ0) is 62.4. The molecule has 1 atom stereocenters. The fourth-order valence-corrected chi connectivity index (χ4v) is 11.8. The quantitative estimate of drug-likeness (QED) is 0.0300. The number of halogens is 3. The number of ether oxygens (including phenoxy) is 4. The number of amides is 2. The molecule has 2 amide bonds. The molecule has 20 nitrogen and oxygen atoms in total. The molecule has 0 unspecified atom stereocenters. The summed E-state index contributed by atoms with van der Waals surface area (Å²) in [5, 5.41) is 26.2. The summed E-state index contributed by atoms with van der Waals surface area (Å²) in [5.41, 5.74) is 4.26. The van der Waals surface area contributed by atoms with Gasteiger partial charge in [0.15, 0.2) is 15.4 Å². The maximum Gasteiger partial charge on any atom is 0.406 e. The molecule has 0 bridgehead atoms. The standard InChI is InChI=1S/C64H77F3N10O10S/c1-45(47-10-6-5-7-11-47)38-58(79)75-29-23-63(81,24-30-75)42-76-44-70-59-60(62(76)80)72-73(2)61(59)48-17-15-46(16-18-48)39-57(78)69-26-32-85-34-36-87-37-35-86-33-31-74-27-21-49(22-28-74)71-53-13-8-14-55-52(53)40-50(77(55)43-64(65,66)67)12-9-25-68-54-20-19-51(88(4,82)83)41-56(54)84-3/h5-8,10-11,13-20,40-41,44-45,49,68,71,81H,21-39,42-43H2,1-4H3,(H,69,78)/t45-/m1/s1. The van der Waals surface area contributed by atoms with Gasteiger partial charge in [0.1, 0.15) is 17.8 Å². The lowest BCUT2D eigenvalue weighted by molar-refractivity contribution is -0.140. The van der Waals surface area contributed by atoms with Crippen LogP contribution >= 0.6 is 0 Å². The van der Waals surface area contributed by atoms with Crippen LogP contribution in [0.25, 0.3) is 33.2 Å². The predicted octanol–water partition coefficient (Wildman–Crippen LogP) is 7.02. The summed E-state index contributed by atoms with van der Waals surface area (Å²) in [6.07, 6.45) is 0.958. The van der Waals surface area contributed by atoms with Crippen LogP contribution < -0.4 is 26.2 Å². The van der Waals surface area contributed by atoms with Gasteiger partial charge in [-0.05, 0) is 79.0 Å². The molecule has 4 N–H and O–H groups in total. The minimum atomic E-state index is -4.48. The van der Waals surface area contributed by atoms with Gasteiger partial charge in [0.2, 0.25) is 11.8 Å². The van der Waals surface area contributed by atoms with Crippen LogP contribution in [0, 0.1) is 11.8 Å². The van der Waals surface area contributed by atoms with Gasteiger partial charge in [0, 0.05) is 87.7 Å². The first-order valence-electron chi connectivity index (χ1n) is 29.6. The summed E-state index contributed by atoms with van der Waals surface area (Å²) in [4.78, 5) is 48.5. The Hall–Kier alpha value is -7.79. The molecule has 0 aliphatic carbocycles. The number of likely N-dealkylation sites (tertiary alicyclic amines) is 2. The number of alkyl halides is 3. The second-order valence-corrected chi connectivity index (χ2v) is 24.6. The van der Waals surface area contributed by atoms with Gasteiger partial charge in [-0.3, -0.25) is 23.6 Å². The molecule has 2 fully saturated rings. The van der Waals surface area contributed by atoms with Crippen LogP contribution in [0.5, 0.6) is 5.75 Å². The van der Waals surface area contributed by atoms with E-state index in [0.29, 0.717) is 112 Å². The van der Waals surface area contributed by atoms with Crippen molar-refractivity contribution in [2.45, 2.75) is 87.2 Å². The Morgan fingerprint density at radius 1 is 0.864 bits per heavy atom. The molecule has 2 aliphatic heterocycles. The van der Waals surface area contributed by atoms with Crippen LogP contribution in [0.2, 0.25) is 0 Å². The summed E-state index contributed by atoms with van der Waals surface area (Å²) in [6.45, 7) is 6.90. The van der Waals surface area contributed by atoms with E-state index in [0.717, 1.165) is 61.1 Å². The van der Waals surface area contributed by atoms with Crippen LogP contribution in [0.1, 0.15) is 61.8 Å². The van der Waals surface area contributed by atoms with Crippen molar-refractivity contribution in [3.63, 3.8) is 0 Å². The smallest absolute Gasteiger partial charge is 0.406 e. The zero-order valence-corrected chi connectivity index (χ0v) is 50.9. The van der Waals surface area contributed by atoms with Gasteiger partial charge < -0.3 is 54.4 Å². The molecular weight excluding hydrogens is 1160 g/mol. The van der Waals surface area contributed by atoms with Crippen LogP contribution in [0.4, 0.5) is 24.5 Å². The van der Waals surface area contributed by atoms with Crippen molar-refractivity contribution >= 4 is 55.0 Å². The molecule has 2 aliphatic rings. The SMILES string of the molecule is COc1cc(S(C)(=O)=O)ccc1NCC#Cc1cc2c(NC3CCN(CCOCCOCCOCCNC(=O)Cc4ccc(-c5c6ncn(CC7(O)CCN(C(=O)C[C@@H](C)c8ccccc8)CC7)c(=O)c6nn5C)cc4)CC3)cccc2n1CC(F)(F)F. The first-order valence-corrected chi connectivity index (χ1v) is 31.5. The summed E-state index contributed by atoms with van der Waals surface area (Å²) >= 11 is 0. The summed E-state index contributed by atoms with van der Waals surface area (Å²) in [7, 11) is -0.299. The van der Waals surface area contributed by atoms with Gasteiger partial charge in [-0.25, -0.2) is 13.4 Å². The minimum Gasteiger partial charge on any atom is -0.495 e. The van der Waals surface area contributed by atoms with Crippen LogP contribution in [0.3, 0.4) is 0 Å². The summed E-state index contributed by atoms with van der Waals surface area (Å²) in [6, 6.07) is 28.9. The van der Waals surface area contributed by atoms with Crippen LogP contribution in [0.15, 0.2) is 113 Å². The second-order valence-electron chi connectivity index (χ2n) is 22.5. The van der Waals surface area contributed by atoms with Crippen molar-refractivity contribution < 1.29 is 55.2 Å². The van der Waals surface area contributed by atoms with Crippen molar-refractivity contribution in [2.24, 2.45) is 7.05 Å². The third-order valence-electron chi connectivity index (χ3n) is 16.0. The van der Waals surface area contributed by atoms with E-state index in [9.17, 15) is 41.1 Å². The molecule has 470 valence electrons. The first kappa shape index (κ1) is 64.7. The zero-order valence-electron chi connectivity index (χ0n) is 50.1. The predicted molar refractivity (Wildman–Crippen MR) is 330 cm³/mol. The van der Waals surface area contributed by atoms with E-state index in [4.69, 9.17) is 18.9 Å². The highest BCUT2D eigenvalue weighted by Crippen LogP contribution is 2.33. The summed E-state index contributed by atoms with van der Waals surface area (Å²) in [5.74, 6) is 6.09. The highest BCUT2D eigenvalue weighted by atomic mass is 32.2. The van der Waals surface area contributed by atoms with Crippen molar-refractivity contribution in [3.8, 4) is 28.8 Å². The molecule has 7 aromatic rings. The molecular formula is C64H77F3N10O10S. The Labute approximate surface area is 510 Å². The number of aromatic nitrogens is 5. The van der Waals surface area contributed by atoms with Gasteiger partial charge in [-0.2, -0.15) is 18.3 Å². The number of carbonyl (C=O) groups is 2. The van der Waals surface area contributed by atoms with Gasteiger partial charge in [-0.15, -0.1) is 0 Å². The maximum absolute atomic E-state index is 13.9. The van der Waals surface area contributed by atoms with Crippen molar-refractivity contribution in [1.82, 2.24) is 39.0 Å². The normalized spacial score (nSPS) is 15.2. The number of fused-ring (bicyclic) bond motifs is 2. The molecule has 3 aromatic heterocycles. The number of methoxy groups -OCH3 is 1. The molecule has 0 saturated carbocycles. The number of aryl methyl sites for hydroxylation is 1. The second kappa shape index (κ2) is 29.5. The number of piperidine rings is 2. The summed E-state index contributed by atoms with van der Waals surface area (Å²) < 4.78 is 92.3. The van der Waals surface area contributed by atoms with E-state index in [-0.39, 0.29) is 64.9 Å². The van der Waals surface area contributed by atoms with Gasteiger partial charge in [-0.1, -0.05) is 73.5 Å². The fourth-order valence-electron chi connectivity index (χ4n) is 11.2. The lowest BCUT2D eigenvalue weighted by Crippen LogP contribution is -2.49. The average molecular weight is 1240 g/mol. The Bertz CT molecular complexity index is 3750. The minimum absolute atomic E-state index is 0.0349. The topological polar surface area (TPSA) is 226 Å². The lowest BCUT2D eigenvalue weighted by Gasteiger charge is -2.38. The van der Waals surface area contributed by atoms with E-state index < -0.39 is 28.2 Å². The highest BCUT2D eigenvalue weighted by Gasteiger charge is 2.36. The average Bonchev–Trinajstić information content (AvgIpc) is 1.77. The number of sulfone groups is 1. The monoisotopic (exact) mass is 1230 g/mol. The van der Waals surface area contributed by atoms with Crippen molar-refractivity contribution in [2.75, 3.05) is 109 Å². The maximum atomic E-state index is 13.9. The van der Waals surface area contributed by atoms with Gasteiger partial charge >= 0.3 is 6.18 Å². The molecule has 5 heterocycles. The third kappa shape index (κ3) is 17.3. The lowest BCUT2D eigenvalue weighted by atomic mass is 9.90. The van der Waals surface area contributed by atoms with E-state index in [2.05, 4.69) is 42.8 Å². The largest absolute Gasteiger partial charge is 0.495 e. The molecule has 0 spiro atoms. The molecule has 9 rings (SSSR count). The number of nitrogens with zero attached hydrogens (tertiary/aromatic N) is 7. The number of hydrogen-bond acceptors (Lipinski definition) is 15. The molecule has 24 heteroatoms. The number of aliphatic hydroxyl groups is 1. The number of benzene rings is 4. The van der Waals surface area contributed by atoms with Crippen LogP contribution in [-0.4, -0.2) is 176 Å². The van der Waals surface area contributed by atoms with E-state index in [1.54, 1.807) is 40.9 Å². The Morgan fingerprint density at radius 3 is 2.26 bits per heavy atom. The van der Waals surface area contributed by atoms with Crippen molar-refractivity contribution in [3.05, 3.63) is 131 Å². The molecule has 2 saturated heterocycles. The first-order chi connectivity index (χ1) is 42.2. The Kier molecular flexibility index (Phi) is 21.7. The number of anilines is 2. The third-order valence-corrected chi connectivity index (χ3v) is 17.2. The van der Waals surface area contributed by atoms with E-state index in [1.165, 1.54) is 34.7 Å². The molecule has 4 aromatic carbocycles.